The molecule has 0 aromatic heterocycles. The van der Waals surface area contributed by atoms with Gasteiger partial charge in [0.05, 0.1) is 6.61 Å². The van der Waals surface area contributed by atoms with E-state index < -0.39 is 0 Å². The van der Waals surface area contributed by atoms with Gasteiger partial charge in [0.1, 0.15) is 0 Å². The van der Waals surface area contributed by atoms with E-state index in [-0.39, 0.29) is 18.6 Å². The Kier molecular flexibility index (Phi) is 5.09. The lowest BCUT2D eigenvalue weighted by molar-refractivity contribution is -0.124. The molecular weight excluding hydrogens is 290 g/mol. The number of hydrogen-bond acceptors (Lipinski definition) is 3. The van der Waals surface area contributed by atoms with Crippen LogP contribution in [0.25, 0.3) is 0 Å². The summed E-state index contributed by atoms with van der Waals surface area (Å²) < 4.78 is 11.1. The van der Waals surface area contributed by atoms with Gasteiger partial charge in [-0.05, 0) is 63.0 Å². The molecule has 2 fully saturated rings. The van der Waals surface area contributed by atoms with Gasteiger partial charge in [0.15, 0.2) is 18.1 Å². The van der Waals surface area contributed by atoms with E-state index in [0.29, 0.717) is 24.0 Å². The maximum Gasteiger partial charge on any atom is 0.258 e. The molecule has 1 aromatic rings. The molecule has 2 saturated carbocycles. The second-order valence-corrected chi connectivity index (χ2v) is 6.86. The highest BCUT2D eigenvalue weighted by Crippen LogP contribution is 2.49. The molecule has 0 radical (unpaired) electrons. The first-order chi connectivity index (χ1) is 11.2. The third kappa shape index (κ3) is 3.80. The second kappa shape index (κ2) is 7.24. The summed E-state index contributed by atoms with van der Waals surface area (Å²) in [6.45, 7) is 4.68. The smallest absolute Gasteiger partial charge is 0.258 e. The quantitative estimate of drug-likeness (QED) is 0.838. The number of fused-ring (bicyclic) bond motifs is 2. The SMILES string of the molecule is CCOc1ccccc1OCC(=O)N[C@@H](C)[C@@H]1C[C@@H]2CC[C@@H]1C2. The molecule has 0 unspecified atom stereocenters. The molecule has 1 aromatic carbocycles. The number of nitrogens with one attached hydrogen (secondary N) is 1. The van der Waals surface area contributed by atoms with Crippen molar-refractivity contribution in [2.24, 2.45) is 17.8 Å². The van der Waals surface area contributed by atoms with Gasteiger partial charge < -0.3 is 14.8 Å². The molecule has 4 heteroatoms. The van der Waals surface area contributed by atoms with Crippen LogP contribution in [0, 0.1) is 17.8 Å². The van der Waals surface area contributed by atoms with Gasteiger partial charge in [0, 0.05) is 6.04 Å². The predicted octanol–water partition coefficient (Wildman–Crippen LogP) is 3.41. The Morgan fingerprint density at radius 1 is 1.22 bits per heavy atom. The van der Waals surface area contributed by atoms with Crippen molar-refractivity contribution in [1.29, 1.82) is 0 Å². The van der Waals surface area contributed by atoms with E-state index in [1.54, 1.807) is 0 Å². The van der Waals surface area contributed by atoms with Crippen molar-refractivity contribution in [3.05, 3.63) is 24.3 Å². The van der Waals surface area contributed by atoms with Crippen LogP contribution >= 0.6 is 0 Å². The number of ether oxygens (including phenoxy) is 2. The topological polar surface area (TPSA) is 47.6 Å². The molecular formula is C19H27NO3. The molecule has 23 heavy (non-hydrogen) atoms. The van der Waals surface area contributed by atoms with Crippen LogP contribution in [0.3, 0.4) is 0 Å². The van der Waals surface area contributed by atoms with Gasteiger partial charge in [0.25, 0.3) is 5.91 Å². The molecule has 1 amide bonds. The van der Waals surface area contributed by atoms with Crippen LogP contribution in [0.2, 0.25) is 0 Å². The summed E-state index contributed by atoms with van der Waals surface area (Å²) in [7, 11) is 0. The van der Waals surface area contributed by atoms with Crippen molar-refractivity contribution in [2.45, 2.75) is 45.6 Å². The molecule has 4 nitrogen and oxygen atoms in total. The van der Waals surface area contributed by atoms with Gasteiger partial charge >= 0.3 is 0 Å². The zero-order valence-electron chi connectivity index (χ0n) is 14.1. The fourth-order valence-corrected chi connectivity index (χ4v) is 4.30. The Labute approximate surface area is 138 Å². The average Bonchev–Trinajstić information content (AvgIpc) is 3.17. The van der Waals surface area contributed by atoms with Crippen LogP contribution in [0.5, 0.6) is 11.5 Å². The molecule has 1 N–H and O–H groups in total. The molecule has 0 spiro atoms. The van der Waals surface area contributed by atoms with Crippen LogP contribution in [-0.2, 0) is 4.79 Å². The predicted molar refractivity (Wildman–Crippen MR) is 89.6 cm³/mol. The lowest BCUT2D eigenvalue weighted by Crippen LogP contribution is -2.42. The van der Waals surface area contributed by atoms with E-state index in [2.05, 4.69) is 12.2 Å². The summed E-state index contributed by atoms with van der Waals surface area (Å²) in [6, 6.07) is 7.71. The van der Waals surface area contributed by atoms with E-state index in [4.69, 9.17) is 9.47 Å². The third-order valence-corrected chi connectivity index (χ3v) is 5.33. The Balaban J connectivity index is 1.48. The van der Waals surface area contributed by atoms with Crippen molar-refractivity contribution >= 4 is 5.91 Å². The van der Waals surface area contributed by atoms with Gasteiger partial charge in [-0.1, -0.05) is 18.6 Å². The number of hydrogen-bond donors (Lipinski definition) is 1. The number of para-hydroxylation sites is 2. The van der Waals surface area contributed by atoms with Crippen molar-refractivity contribution in [2.75, 3.05) is 13.2 Å². The van der Waals surface area contributed by atoms with Gasteiger partial charge in [-0.2, -0.15) is 0 Å². The summed E-state index contributed by atoms with van der Waals surface area (Å²) >= 11 is 0. The minimum absolute atomic E-state index is 0.0369. The van der Waals surface area contributed by atoms with Crippen molar-refractivity contribution in [3.8, 4) is 11.5 Å². The summed E-state index contributed by atoms with van der Waals surface area (Å²) in [5.74, 6) is 3.62. The highest BCUT2D eigenvalue weighted by molar-refractivity contribution is 5.77. The van der Waals surface area contributed by atoms with Gasteiger partial charge in [-0.3, -0.25) is 4.79 Å². The molecule has 0 heterocycles. The summed E-state index contributed by atoms with van der Waals surface area (Å²) in [6.07, 6.45) is 5.37. The van der Waals surface area contributed by atoms with E-state index in [1.807, 2.05) is 31.2 Å². The van der Waals surface area contributed by atoms with Crippen LogP contribution in [0.1, 0.15) is 39.5 Å². The van der Waals surface area contributed by atoms with Crippen LogP contribution < -0.4 is 14.8 Å². The first-order valence-electron chi connectivity index (χ1n) is 8.81. The van der Waals surface area contributed by atoms with Gasteiger partial charge in [-0.15, -0.1) is 0 Å². The van der Waals surface area contributed by atoms with Gasteiger partial charge in [-0.25, -0.2) is 0 Å². The second-order valence-electron chi connectivity index (χ2n) is 6.86. The molecule has 126 valence electrons. The standard InChI is InChI=1S/C19H27NO3/c1-3-22-17-6-4-5-7-18(17)23-12-19(21)20-13(2)16-11-14-8-9-15(16)10-14/h4-7,13-16H,3,8-12H2,1-2H3,(H,20,21)/t13-,14+,15+,16-/m0/s1. The monoisotopic (exact) mass is 317 g/mol. The fourth-order valence-electron chi connectivity index (χ4n) is 4.30. The van der Waals surface area contributed by atoms with Crippen molar-refractivity contribution in [1.82, 2.24) is 5.32 Å². The Morgan fingerprint density at radius 3 is 2.57 bits per heavy atom. The molecule has 2 aliphatic carbocycles. The normalized spacial score (nSPS) is 26.8. The molecule has 4 atom stereocenters. The van der Waals surface area contributed by atoms with Gasteiger partial charge in [0.2, 0.25) is 0 Å². The molecule has 2 aliphatic rings. The summed E-state index contributed by atoms with van der Waals surface area (Å²) in [5, 5.41) is 3.12. The highest BCUT2D eigenvalue weighted by Gasteiger charge is 2.42. The molecule has 3 rings (SSSR count). The minimum Gasteiger partial charge on any atom is -0.490 e. The first kappa shape index (κ1) is 16.2. The van der Waals surface area contributed by atoms with Crippen molar-refractivity contribution < 1.29 is 14.3 Å². The van der Waals surface area contributed by atoms with E-state index >= 15 is 0 Å². The zero-order valence-corrected chi connectivity index (χ0v) is 14.1. The summed E-state index contributed by atoms with van der Waals surface area (Å²) in [5.41, 5.74) is 0. The van der Waals surface area contributed by atoms with E-state index in [0.717, 1.165) is 11.8 Å². The van der Waals surface area contributed by atoms with E-state index in [1.165, 1.54) is 25.7 Å². The Hall–Kier alpha value is -1.71. The maximum atomic E-state index is 12.2. The summed E-state index contributed by atoms with van der Waals surface area (Å²) in [4.78, 5) is 12.2. The van der Waals surface area contributed by atoms with E-state index in [9.17, 15) is 4.79 Å². The Morgan fingerprint density at radius 2 is 1.96 bits per heavy atom. The molecule has 2 bridgehead atoms. The molecule has 0 saturated heterocycles. The third-order valence-electron chi connectivity index (χ3n) is 5.33. The van der Waals surface area contributed by atoms with Crippen molar-refractivity contribution in [3.63, 3.8) is 0 Å². The minimum atomic E-state index is -0.0495. The number of benzene rings is 1. The fraction of sp³-hybridized carbons (Fsp3) is 0.632. The number of rotatable bonds is 7. The number of carbonyl (C=O) groups is 1. The largest absolute Gasteiger partial charge is 0.490 e. The van der Waals surface area contributed by atoms with Crippen LogP contribution in [-0.4, -0.2) is 25.2 Å². The zero-order chi connectivity index (χ0) is 16.2. The number of amides is 1. The highest BCUT2D eigenvalue weighted by atomic mass is 16.5. The lowest BCUT2D eigenvalue weighted by Gasteiger charge is -2.28. The average molecular weight is 317 g/mol. The Bertz CT molecular complexity index is 545. The first-order valence-corrected chi connectivity index (χ1v) is 8.81. The van der Waals surface area contributed by atoms with Crippen LogP contribution in [0.15, 0.2) is 24.3 Å². The lowest BCUT2D eigenvalue weighted by atomic mass is 9.84. The maximum absolute atomic E-state index is 12.2. The number of carbonyl (C=O) groups excluding carboxylic acids is 1. The van der Waals surface area contributed by atoms with Crippen LogP contribution in [0.4, 0.5) is 0 Å². The molecule has 0 aliphatic heterocycles.